The van der Waals surface area contributed by atoms with Crippen molar-refractivity contribution in [3.63, 3.8) is 0 Å². The second-order valence-corrected chi connectivity index (χ2v) is 4.62. The lowest BCUT2D eigenvalue weighted by molar-refractivity contribution is -0.130. The van der Waals surface area contributed by atoms with Crippen LogP contribution in [-0.2, 0) is 11.2 Å². The zero-order chi connectivity index (χ0) is 12.3. The molecule has 0 aliphatic carbocycles. The van der Waals surface area contributed by atoms with Gasteiger partial charge >= 0.3 is 0 Å². The zero-order valence-electron chi connectivity index (χ0n) is 9.21. The van der Waals surface area contributed by atoms with Gasteiger partial charge in [-0.2, -0.15) is 0 Å². The molecule has 2 N–H and O–H groups in total. The predicted octanol–water partition coefficient (Wildman–Crippen LogP) is 1.95. The Bertz CT molecular complexity index is 394. The third kappa shape index (κ3) is 3.37. The molecule has 0 fully saturated rings. The summed E-state index contributed by atoms with van der Waals surface area (Å²) in [4.78, 5) is 13.0. The summed E-state index contributed by atoms with van der Waals surface area (Å²) in [6.07, 6.45) is 0.410. The number of hydrogen-bond donors (Lipinski definition) is 1. The van der Waals surface area contributed by atoms with E-state index in [2.05, 4.69) is 0 Å². The zero-order valence-corrected chi connectivity index (χ0v) is 10.7. The largest absolute Gasteiger partial charge is 0.347 e. The van der Waals surface area contributed by atoms with Crippen molar-refractivity contribution in [3.8, 4) is 0 Å². The number of nitrogens with two attached hydrogens (primary N) is 1. The number of amides is 1. The molecule has 0 aromatic heterocycles. The van der Waals surface area contributed by atoms with Crippen molar-refractivity contribution >= 4 is 29.1 Å². The average Bonchev–Trinajstić information content (AvgIpc) is 2.20. The van der Waals surface area contributed by atoms with E-state index in [1.54, 1.807) is 32.3 Å². The number of likely N-dealkylation sites (N-methyl/N-ethyl adjacent to an activating group) is 1. The number of benzene rings is 1. The normalized spacial score (nSPS) is 12.3. The van der Waals surface area contributed by atoms with Gasteiger partial charge in [0, 0.05) is 24.1 Å². The van der Waals surface area contributed by atoms with Crippen LogP contribution in [0.25, 0.3) is 0 Å². The molecule has 1 aromatic carbocycles. The highest BCUT2D eigenvalue weighted by atomic mass is 35.5. The van der Waals surface area contributed by atoms with Crippen molar-refractivity contribution in [2.24, 2.45) is 5.73 Å². The van der Waals surface area contributed by atoms with E-state index < -0.39 is 6.04 Å². The smallest absolute Gasteiger partial charge is 0.239 e. The quantitative estimate of drug-likeness (QED) is 0.903. The van der Waals surface area contributed by atoms with Gasteiger partial charge in [-0.05, 0) is 24.1 Å². The summed E-state index contributed by atoms with van der Waals surface area (Å²) in [7, 11) is 3.34. The second kappa shape index (κ2) is 5.53. The maximum Gasteiger partial charge on any atom is 0.239 e. The number of hydrogen-bond acceptors (Lipinski definition) is 2. The monoisotopic (exact) mass is 260 g/mol. The summed E-state index contributed by atoms with van der Waals surface area (Å²) < 4.78 is 0. The van der Waals surface area contributed by atoms with Crippen LogP contribution in [0.15, 0.2) is 18.2 Å². The molecule has 1 amide bonds. The van der Waals surface area contributed by atoms with E-state index in [-0.39, 0.29) is 5.91 Å². The summed E-state index contributed by atoms with van der Waals surface area (Å²) in [5.41, 5.74) is 6.60. The molecule has 0 aliphatic rings. The molecule has 0 saturated carbocycles. The minimum Gasteiger partial charge on any atom is -0.347 e. The Kier molecular flexibility index (Phi) is 4.59. The summed E-state index contributed by atoms with van der Waals surface area (Å²) in [6.45, 7) is 0. The summed E-state index contributed by atoms with van der Waals surface area (Å²) in [6, 6.07) is 4.59. The van der Waals surface area contributed by atoms with Gasteiger partial charge in [0.2, 0.25) is 5.91 Å². The molecule has 0 bridgehead atoms. The van der Waals surface area contributed by atoms with Crippen molar-refractivity contribution in [2.45, 2.75) is 12.5 Å². The molecule has 1 unspecified atom stereocenters. The average molecular weight is 261 g/mol. The van der Waals surface area contributed by atoms with Gasteiger partial charge in [-0.25, -0.2) is 0 Å². The van der Waals surface area contributed by atoms with Crippen molar-refractivity contribution in [2.75, 3.05) is 14.1 Å². The number of halogens is 2. The van der Waals surface area contributed by atoms with E-state index in [1.807, 2.05) is 0 Å². The van der Waals surface area contributed by atoms with Crippen LogP contribution in [0, 0.1) is 0 Å². The minimum absolute atomic E-state index is 0.119. The van der Waals surface area contributed by atoms with Crippen molar-refractivity contribution < 1.29 is 4.79 Å². The Morgan fingerprint density at radius 2 is 2.06 bits per heavy atom. The van der Waals surface area contributed by atoms with Crippen LogP contribution in [0.2, 0.25) is 10.0 Å². The van der Waals surface area contributed by atoms with Gasteiger partial charge in [0.15, 0.2) is 0 Å². The fraction of sp³-hybridized carbons (Fsp3) is 0.364. The highest BCUT2D eigenvalue weighted by Gasteiger charge is 2.17. The van der Waals surface area contributed by atoms with Crippen LogP contribution in [-0.4, -0.2) is 30.9 Å². The van der Waals surface area contributed by atoms with E-state index >= 15 is 0 Å². The van der Waals surface area contributed by atoms with Crippen molar-refractivity contribution in [1.29, 1.82) is 0 Å². The molecule has 1 atom stereocenters. The number of rotatable bonds is 3. The van der Waals surface area contributed by atoms with Crippen LogP contribution in [0.5, 0.6) is 0 Å². The lowest BCUT2D eigenvalue weighted by Gasteiger charge is -2.17. The van der Waals surface area contributed by atoms with E-state index in [0.29, 0.717) is 16.5 Å². The molecule has 0 spiro atoms. The molecule has 1 rings (SSSR count). The number of nitrogens with zero attached hydrogens (tertiary/aromatic N) is 1. The third-order valence-corrected chi connectivity index (χ3v) is 2.80. The summed E-state index contributed by atoms with van der Waals surface area (Å²) in [5, 5.41) is 1.11. The third-order valence-electron chi connectivity index (χ3n) is 2.21. The highest BCUT2D eigenvalue weighted by Crippen LogP contribution is 2.21. The molecule has 88 valence electrons. The molecule has 16 heavy (non-hydrogen) atoms. The SMILES string of the molecule is CN(C)C(=O)C(N)Cc1ccc(Cl)cc1Cl. The van der Waals surface area contributed by atoms with Gasteiger partial charge in [-0.15, -0.1) is 0 Å². The number of carbonyl (C=O) groups is 1. The van der Waals surface area contributed by atoms with E-state index in [9.17, 15) is 4.79 Å². The van der Waals surface area contributed by atoms with Crippen LogP contribution < -0.4 is 5.73 Å². The molecular formula is C11H14Cl2N2O. The number of carbonyl (C=O) groups excluding carboxylic acids is 1. The fourth-order valence-electron chi connectivity index (χ4n) is 1.34. The van der Waals surface area contributed by atoms with Crippen LogP contribution in [0.1, 0.15) is 5.56 Å². The summed E-state index contributed by atoms with van der Waals surface area (Å²) in [5.74, 6) is -0.119. The molecule has 0 saturated heterocycles. The van der Waals surface area contributed by atoms with Crippen LogP contribution in [0.4, 0.5) is 0 Å². The summed E-state index contributed by atoms with van der Waals surface area (Å²) >= 11 is 11.8. The Morgan fingerprint density at radius 1 is 1.44 bits per heavy atom. The molecule has 3 nitrogen and oxygen atoms in total. The Morgan fingerprint density at radius 3 is 2.56 bits per heavy atom. The molecule has 0 aliphatic heterocycles. The van der Waals surface area contributed by atoms with Crippen LogP contribution in [0.3, 0.4) is 0 Å². The Balaban J connectivity index is 2.77. The first-order valence-corrected chi connectivity index (χ1v) is 5.58. The molecule has 5 heteroatoms. The van der Waals surface area contributed by atoms with E-state index in [0.717, 1.165) is 5.56 Å². The molecule has 1 aromatic rings. The lowest BCUT2D eigenvalue weighted by atomic mass is 10.1. The van der Waals surface area contributed by atoms with Crippen molar-refractivity contribution in [1.82, 2.24) is 4.90 Å². The Labute approximate surface area is 105 Å². The Hall–Kier alpha value is -0.770. The standard InChI is InChI=1S/C11H14Cl2N2O/c1-15(2)11(16)10(14)5-7-3-4-8(12)6-9(7)13/h3-4,6,10H,5,14H2,1-2H3. The molecular weight excluding hydrogens is 247 g/mol. The minimum atomic E-state index is -0.575. The first kappa shape index (κ1) is 13.3. The maximum atomic E-state index is 11.6. The van der Waals surface area contributed by atoms with Gasteiger partial charge in [0.05, 0.1) is 6.04 Å². The van der Waals surface area contributed by atoms with Gasteiger partial charge in [-0.3, -0.25) is 4.79 Å². The topological polar surface area (TPSA) is 46.3 Å². The van der Waals surface area contributed by atoms with Crippen molar-refractivity contribution in [3.05, 3.63) is 33.8 Å². The molecule has 0 radical (unpaired) electrons. The van der Waals surface area contributed by atoms with Crippen LogP contribution >= 0.6 is 23.2 Å². The first-order valence-electron chi connectivity index (χ1n) is 4.82. The fourth-order valence-corrected chi connectivity index (χ4v) is 1.83. The van der Waals surface area contributed by atoms with Gasteiger partial charge in [0.25, 0.3) is 0 Å². The van der Waals surface area contributed by atoms with Gasteiger partial charge in [0.1, 0.15) is 0 Å². The lowest BCUT2D eigenvalue weighted by Crippen LogP contribution is -2.41. The first-order chi connectivity index (χ1) is 7.41. The van der Waals surface area contributed by atoms with E-state index in [4.69, 9.17) is 28.9 Å². The predicted molar refractivity (Wildman–Crippen MR) is 66.8 cm³/mol. The van der Waals surface area contributed by atoms with E-state index in [1.165, 1.54) is 4.90 Å². The van der Waals surface area contributed by atoms with Gasteiger partial charge in [-0.1, -0.05) is 29.3 Å². The highest BCUT2D eigenvalue weighted by molar-refractivity contribution is 6.35. The molecule has 0 heterocycles. The maximum absolute atomic E-state index is 11.6. The second-order valence-electron chi connectivity index (χ2n) is 3.78. The van der Waals surface area contributed by atoms with Gasteiger partial charge < -0.3 is 10.6 Å².